The molecule has 36 heavy (non-hydrogen) atoms. The molecule has 0 bridgehead atoms. The summed E-state index contributed by atoms with van der Waals surface area (Å²) in [6.07, 6.45) is 7.04. The number of nitrogens with one attached hydrogen (secondary N) is 2. The van der Waals surface area contributed by atoms with E-state index in [1.165, 1.54) is 11.1 Å². The lowest BCUT2D eigenvalue weighted by atomic mass is 10.2. The molecule has 0 saturated heterocycles. The first-order valence-electron chi connectivity index (χ1n) is 11.4. The van der Waals surface area contributed by atoms with Crippen molar-refractivity contribution < 1.29 is 14.1 Å². The number of aromatic amines is 1. The van der Waals surface area contributed by atoms with E-state index in [4.69, 9.17) is 4.52 Å². The number of benzene rings is 1. The highest BCUT2D eigenvalue weighted by Gasteiger charge is 2.29. The predicted molar refractivity (Wildman–Crippen MR) is 127 cm³/mol. The van der Waals surface area contributed by atoms with Gasteiger partial charge in [0.05, 0.1) is 24.0 Å². The third-order valence-electron chi connectivity index (χ3n) is 5.88. The number of rotatable bonds is 7. The van der Waals surface area contributed by atoms with Crippen molar-refractivity contribution in [2.24, 2.45) is 0 Å². The minimum absolute atomic E-state index is 0.0195. The molecular formula is C24H21N9O3. The van der Waals surface area contributed by atoms with Gasteiger partial charge >= 0.3 is 0 Å². The highest BCUT2D eigenvalue weighted by atomic mass is 16.5. The molecule has 12 nitrogen and oxygen atoms in total. The Morgan fingerprint density at radius 1 is 1.17 bits per heavy atom. The molecule has 1 saturated carbocycles. The van der Waals surface area contributed by atoms with Gasteiger partial charge in [-0.05, 0) is 18.9 Å². The van der Waals surface area contributed by atoms with Gasteiger partial charge in [0.15, 0.2) is 5.82 Å². The van der Waals surface area contributed by atoms with Crippen LogP contribution in [-0.2, 0) is 6.54 Å². The Hall–Kier alpha value is -4.87. The van der Waals surface area contributed by atoms with Crippen molar-refractivity contribution in [3.63, 3.8) is 0 Å². The number of carbonyl (C=O) groups excluding carboxylic acids is 2. The maximum Gasteiger partial charge on any atom is 0.275 e. The van der Waals surface area contributed by atoms with Crippen LogP contribution in [0.2, 0.25) is 0 Å². The average Bonchev–Trinajstić information content (AvgIpc) is 3.27. The molecule has 2 amide bonds. The summed E-state index contributed by atoms with van der Waals surface area (Å²) in [6.45, 7) is 0.118. The van der Waals surface area contributed by atoms with Gasteiger partial charge in [-0.3, -0.25) is 19.1 Å². The summed E-state index contributed by atoms with van der Waals surface area (Å²) in [4.78, 5) is 40.7. The summed E-state index contributed by atoms with van der Waals surface area (Å²) in [5, 5.41) is 13.2. The second kappa shape index (κ2) is 8.73. The lowest BCUT2D eigenvalue weighted by Gasteiger charge is -2.14. The monoisotopic (exact) mass is 483 g/mol. The van der Waals surface area contributed by atoms with Gasteiger partial charge in [0.2, 0.25) is 11.7 Å². The van der Waals surface area contributed by atoms with Crippen molar-refractivity contribution in [3.05, 3.63) is 78.0 Å². The number of imidazole rings is 1. The summed E-state index contributed by atoms with van der Waals surface area (Å²) in [5.41, 5.74) is 1.86. The molecule has 0 spiro atoms. The fourth-order valence-corrected chi connectivity index (χ4v) is 3.81. The van der Waals surface area contributed by atoms with Crippen molar-refractivity contribution in [2.45, 2.75) is 25.3 Å². The van der Waals surface area contributed by atoms with Crippen LogP contribution in [0.3, 0.4) is 0 Å². The summed E-state index contributed by atoms with van der Waals surface area (Å²) in [6, 6.07) is 11.4. The van der Waals surface area contributed by atoms with E-state index in [2.05, 4.69) is 35.6 Å². The molecule has 1 aromatic carbocycles. The molecule has 2 N–H and O–H groups in total. The van der Waals surface area contributed by atoms with E-state index in [0.717, 1.165) is 24.1 Å². The second-order valence-electron chi connectivity index (χ2n) is 8.61. The number of aromatic nitrogens is 7. The Balaban J connectivity index is 1.16. The molecule has 1 fully saturated rings. The van der Waals surface area contributed by atoms with Gasteiger partial charge in [0, 0.05) is 30.9 Å². The Bertz CT molecular complexity index is 1570. The van der Waals surface area contributed by atoms with Gasteiger partial charge in [-0.15, -0.1) is 0 Å². The van der Waals surface area contributed by atoms with Crippen LogP contribution in [0.5, 0.6) is 0 Å². The average molecular weight is 483 g/mol. The number of anilines is 1. The van der Waals surface area contributed by atoms with E-state index in [1.54, 1.807) is 23.7 Å². The topological polar surface area (TPSA) is 147 Å². The molecule has 0 radical (unpaired) electrons. The van der Waals surface area contributed by atoms with Gasteiger partial charge < -0.3 is 14.7 Å². The standard InChI is InChI=1S/C24H21N9O3/c1-32(13-19-29-21(31-36-19)15-7-8-15)23(35)16-11-25-30-20(16)22(34)27-18-9-10-33-12-17(26-24(33)28-18)14-5-3-2-4-6-14/h2-6,9-12,15H,7-8,13H2,1H3,(H,25,30)(H,26,27,28,34). The third-order valence-corrected chi connectivity index (χ3v) is 5.88. The molecule has 1 aliphatic carbocycles. The molecule has 0 atom stereocenters. The van der Waals surface area contributed by atoms with Gasteiger partial charge in [-0.2, -0.15) is 15.1 Å². The van der Waals surface area contributed by atoms with Crippen LogP contribution in [0.15, 0.2) is 59.5 Å². The number of H-pyrrole nitrogens is 1. The number of amides is 2. The van der Waals surface area contributed by atoms with Gasteiger partial charge in [0.1, 0.15) is 11.5 Å². The van der Waals surface area contributed by atoms with E-state index in [9.17, 15) is 9.59 Å². The number of hydrogen-bond donors (Lipinski definition) is 2. The first kappa shape index (κ1) is 21.6. The van der Waals surface area contributed by atoms with Gasteiger partial charge in [0.25, 0.3) is 11.8 Å². The van der Waals surface area contributed by atoms with Crippen LogP contribution < -0.4 is 5.32 Å². The molecule has 0 unspecified atom stereocenters. The minimum atomic E-state index is -0.551. The number of hydrogen-bond acceptors (Lipinski definition) is 8. The van der Waals surface area contributed by atoms with Gasteiger partial charge in [-0.1, -0.05) is 35.5 Å². The minimum Gasteiger partial charge on any atom is -0.337 e. The molecular weight excluding hydrogens is 462 g/mol. The Morgan fingerprint density at radius 2 is 2.00 bits per heavy atom. The zero-order chi connectivity index (χ0) is 24.6. The van der Waals surface area contributed by atoms with Crippen molar-refractivity contribution in [1.82, 2.24) is 39.6 Å². The molecule has 4 heterocycles. The lowest BCUT2D eigenvalue weighted by molar-refractivity contribution is 0.0765. The normalized spacial score (nSPS) is 13.1. The number of carbonyl (C=O) groups is 2. The molecule has 6 rings (SSSR count). The fraction of sp³-hybridized carbons (Fsp3) is 0.208. The van der Waals surface area contributed by atoms with Gasteiger partial charge in [-0.25, -0.2) is 4.98 Å². The summed E-state index contributed by atoms with van der Waals surface area (Å²) in [5.74, 6) is 1.12. The Labute approximate surface area is 204 Å². The predicted octanol–water partition coefficient (Wildman–Crippen LogP) is 2.90. The Morgan fingerprint density at radius 3 is 2.81 bits per heavy atom. The van der Waals surface area contributed by atoms with Crippen LogP contribution in [-0.4, -0.2) is 58.5 Å². The fourth-order valence-electron chi connectivity index (χ4n) is 3.81. The Kier molecular flexibility index (Phi) is 5.25. The van der Waals surface area contributed by atoms with Crippen LogP contribution >= 0.6 is 0 Å². The van der Waals surface area contributed by atoms with E-state index >= 15 is 0 Å². The van der Waals surface area contributed by atoms with Crippen molar-refractivity contribution >= 4 is 23.4 Å². The first-order chi connectivity index (χ1) is 17.5. The van der Waals surface area contributed by atoms with Crippen LogP contribution in [0.4, 0.5) is 5.82 Å². The molecule has 5 aromatic rings. The molecule has 1 aliphatic rings. The molecule has 0 aliphatic heterocycles. The second-order valence-corrected chi connectivity index (χ2v) is 8.61. The van der Waals surface area contributed by atoms with E-state index in [-0.39, 0.29) is 23.6 Å². The zero-order valence-corrected chi connectivity index (χ0v) is 19.3. The van der Waals surface area contributed by atoms with Crippen molar-refractivity contribution in [3.8, 4) is 11.3 Å². The summed E-state index contributed by atoms with van der Waals surface area (Å²) < 4.78 is 7.02. The maximum atomic E-state index is 13.0. The molecule has 180 valence electrons. The quantitative estimate of drug-likeness (QED) is 0.359. The molecule has 4 aromatic heterocycles. The zero-order valence-electron chi connectivity index (χ0n) is 19.3. The number of nitrogens with zero attached hydrogens (tertiary/aromatic N) is 7. The van der Waals surface area contributed by atoms with E-state index < -0.39 is 11.8 Å². The first-order valence-corrected chi connectivity index (χ1v) is 11.4. The van der Waals surface area contributed by atoms with Crippen LogP contribution in [0, 0.1) is 0 Å². The van der Waals surface area contributed by atoms with Crippen LogP contribution in [0.25, 0.3) is 17.0 Å². The third kappa shape index (κ3) is 4.19. The summed E-state index contributed by atoms with van der Waals surface area (Å²) in [7, 11) is 1.59. The lowest BCUT2D eigenvalue weighted by Crippen LogP contribution is -2.28. The smallest absolute Gasteiger partial charge is 0.275 e. The highest BCUT2D eigenvalue weighted by molar-refractivity contribution is 6.10. The van der Waals surface area contributed by atoms with Crippen molar-refractivity contribution in [1.29, 1.82) is 0 Å². The largest absolute Gasteiger partial charge is 0.337 e. The van der Waals surface area contributed by atoms with Crippen LogP contribution in [0.1, 0.15) is 51.3 Å². The number of fused-ring (bicyclic) bond motifs is 1. The summed E-state index contributed by atoms with van der Waals surface area (Å²) >= 11 is 0. The van der Waals surface area contributed by atoms with E-state index in [1.807, 2.05) is 36.5 Å². The SMILES string of the molecule is CN(Cc1nc(C2CC2)no1)C(=O)c1cn[nH]c1C(=O)Nc1ccn2cc(-c3ccccc3)nc2n1. The van der Waals surface area contributed by atoms with E-state index in [0.29, 0.717) is 23.4 Å². The van der Waals surface area contributed by atoms with Crippen molar-refractivity contribution in [2.75, 3.05) is 12.4 Å². The highest BCUT2D eigenvalue weighted by Crippen LogP contribution is 2.38. The molecule has 12 heteroatoms. The maximum absolute atomic E-state index is 13.0.